The van der Waals surface area contributed by atoms with Crippen molar-refractivity contribution in [3.05, 3.63) is 76.5 Å². The van der Waals surface area contributed by atoms with E-state index in [1.165, 1.54) is 7.11 Å². The van der Waals surface area contributed by atoms with Crippen molar-refractivity contribution in [2.24, 2.45) is 0 Å². The first-order valence-electron chi connectivity index (χ1n) is 8.79. The van der Waals surface area contributed by atoms with Gasteiger partial charge in [0.05, 0.1) is 24.3 Å². The van der Waals surface area contributed by atoms with Gasteiger partial charge in [0.1, 0.15) is 0 Å². The van der Waals surface area contributed by atoms with Gasteiger partial charge in [-0.25, -0.2) is 4.79 Å². The third kappa shape index (κ3) is 2.72. The van der Waals surface area contributed by atoms with Crippen LogP contribution in [0.25, 0.3) is 11.3 Å². The fraction of sp³-hybridized carbons (Fsp3) is 0.182. The number of fused-ring (bicyclic) bond motifs is 1. The third-order valence-electron chi connectivity index (χ3n) is 5.00. The summed E-state index contributed by atoms with van der Waals surface area (Å²) in [5, 5.41) is 2.94. The zero-order valence-electron chi connectivity index (χ0n) is 15.4. The van der Waals surface area contributed by atoms with Crippen LogP contribution in [0, 0.1) is 13.8 Å². The number of esters is 1. The maximum Gasteiger partial charge on any atom is 0.340 e. The number of benzene rings is 2. The number of rotatable bonds is 3. The van der Waals surface area contributed by atoms with Crippen LogP contribution in [0.3, 0.4) is 0 Å². The van der Waals surface area contributed by atoms with E-state index in [1.807, 2.05) is 62.4 Å². The Morgan fingerprint density at radius 3 is 2.52 bits per heavy atom. The van der Waals surface area contributed by atoms with Crippen molar-refractivity contribution >= 4 is 17.6 Å². The third-order valence-corrected chi connectivity index (χ3v) is 5.00. The Hall–Kier alpha value is -3.34. The molecule has 0 saturated heterocycles. The van der Waals surface area contributed by atoms with Gasteiger partial charge in [-0.05, 0) is 31.0 Å². The quantitative estimate of drug-likeness (QED) is 0.689. The first kappa shape index (κ1) is 17.1. The van der Waals surface area contributed by atoms with Crippen LogP contribution in [0.15, 0.2) is 48.5 Å². The number of methoxy groups -OCH3 is 1. The number of aromatic nitrogens is 1. The molecule has 0 unspecified atom stereocenters. The van der Waals surface area contributed by atoms with Crippen molar-refractivity contribution in [2.45, 2.75) is 19.8 Å². The lowest BCUT2D eigenvalue weighted by Gasteiger charge is -2.14. The topological polar surface area (TPSA) is 71.2 Å². The smallest absolute Gasteiger partial charge is 0.340 e. The summed E-state index contributed by atoms with van der Waals surface area (Å²) in [5.41, 5.74) is 6.17. The van der Waals surface area contributed by atoms with Crippen LogP contribution < -0.4 is 5.32 Å². The summed E-state index contributed by atoms with van der Waals surface area (Å²) in [6.07, 6.45) is 0. The molecule has 0 fully saturated rings. The molecule has 1 aliphatic rings. The average Bonchev–Trinajstić information content (AvgIpc) is 3.17. The van der Waals surface area contributed by atoms with E-state index in [0.717, 1.165) is 28.1 Å². The van der Waals surface area contributed by atoms with Crippen molar-refractivity contribution < 1.29 is 14.3 Å². The monoisotopic (exact) mass is 360 g/mol. The van der Waals surface area contributed by atoms with Crippen LogP contribution in [0.5, 0.6) is 0 Å². The molecule has 2 heterocycles. The number of nitrogens with one attached hydrogen (secondary N) is 2. The van der Waals surface area contributed by atoms with Gasteiger partial charge >= 0.3 is 5.97 Å². The summed E-state index contributed by atoms with van der Waals surface area (Å²) in [6, 6.07) is 15.6. The van der Waals surface area contributed by atoms with E-state index in [2.05, 4.69) is 10.3 Å². The van der Waals surface area contributed by atoms with E-state index in [4.69, 9.17) is 4.74 Å². The highest BCUT2D eigenvalue weighted by Crippen LogP contribution is 2.44. The van der Waals surface area contributed by atoms with Gasteiger partial charge in [0.15, 0.2) is 0 Å². The molecular weight excluding hydrogens is 340 g/mol. The maximum absolute atomic E-state index is 12.9. The predicted octanol–water partition coefficient (Wildman–Crippen LogP) is 4.17. The Balaban J connectivity index is 2.01. The van der Waals surface area contributed by atoms with E-state index in [0.29, 0.717) is 16.8 Å². The number of hydrogen-bond acceptors (Lipinski definition) is 3. The summed E-state index contributed by atoms with van der Waals surface area (Å²) in [4.78, 5) is 28.8. The average molecular weight is 360 g/mol. The fourth-order valence-corrected chi connectivity index (χ4v) is 3.80. The molecule has 2 N–H and O–H groups in total. The molecule has 5 heteroatoms. The number of ether oxygens (including phenoxy) is 1. The van der Waals surface area contributed by atoms with Crippen LogP contribution in [0.4, 0.5) is 5.69 Å². The van der Waals surface area contributed by atoms with E-state index in [1.54, 1.807) is 0 Å². The molecule has 1 atom stereocenters. The Morgan fingerprint density at radius 2 is 1.81 bits per heavy atom. The molecule has 1 amide bonds. The lowest BCUT2D eigenvalue weighted by molar-refractivity contribution is -0.116. The fourth-order valence-electron chi connectivity index (χ4n) is 3.80. The van der Waals surface area contributed by atoms with E-state index >= 15 is 0 Å². The zero-order valence-corrected chi connectivity index (χ0v) is 15.4. The Labute approximate surface area is 157 Å². The number of carbonyl (C=O) groups excluding carboxylic acids is 2. The summed E-state index contributed by atoms with van der Waals surface area (Å²) < 4.78 is 5.02. The lowest BCUT2D eigenvalue weighted by atomic mass is 9.87. The summed E-state index contributed by atoms with van der Waals surface area (Å²) >= 11 is 0. The van der Waals surface area contributed by atoms with Crippen molar-refractivity contribution in [3.63, 3.8) is 0 Å². The predicted molar refractivity (Wildman–Crippen MR) is 104 cm³/mol. The zero-order chi connectivity index (χ0) is 19.1. The standard InChI is InChI=1S/C22H20N2O3/c1-12-9-10-16-15(11-12)18(21(25)24-16)19-17(22(26)27-3)13(2)23-20(19)14-7-5-4-6-8-14/h4-11,18,23H,1-3H3,(H,24,25)/t18-/m0/s1. The van der Waals surface area contributed by atoms with Gasteiger partial charge in [0, 0.05) is 16.9 Å². The van der Waals surface area contributed by atoms with Gasteiger partial charge in [-0.15, -0.1) is 0 Å². The SMILES string of the molecule is COC(=O)c1c(C)[nH]c(-c2ccccc2)c1[C@H]1C(=O)Nc2ccc(C)cc21. The molecular formula is C22H20N2O3. The van der Waals surface area contributed by atoms with Crippen LogP contribution in [0.1, 0.15) is 38.7 Å². The molecule has 1 aliphatic heterocycles. The molecule has 4 rings (SSSR count). The van der Waals surface area contributed by atoms with Gasteiger partial charge in [-0.2, -0.15) is 0 Å². The second kappa shape index (κ2) is 6.43. The number of carbonyl (C=O) groups is 2. The Kier molecular flexibility index (Phi) is 4.07. The molecule has 0 saturated carbocycles. The summed E-state index contributed by atoms with van der Waals surface area (Å²) in [6.45, 7) is 3.81. The molecule has 27 heavy (non-hydrogen) atoms. The van der Waals surface area contributed by atoms with E-state index in [9.17, 15) is 9.59 Å². The van der Waals surface area contributed by atoms with Crippen molar-refractivity contribution in [1.82, 2.24) is 4.98 Å². The second-order valence-electron chi connectivity index (χ2n) is 6.78. The Bertz CT molecular complexity index is 1050. The first-order chi connectivity index (χ1) is 13.0. The lowest BCUT2D eigenvalue weighted by Crippen LogP contribution is -2.17. The van der Waals surface area contributed by atoms with Gasteiger partial charge in [0.25, 0.3) is 0 Å². The van der Waals surface area contributed by atoms with E-state index in [-0.39, 0.29) is 5.91 Å². The molecule has 2 aromatic carbocycles. The first-order valence-corrected chi connectivity index (χ1v) is 8.79. The number of H-pyrrole nitrogens is 1. The van der Waals surface area contributed by atoms with E-state index < -0.39 is 11.9 Å². The van der Waals surface area contributed by atoms with Crippen molar-refractivity contribution in [3.8, 4) is 11.3 Å². The molecule has 1 aromatic heterocycles. The van der Waals surface area contributed by atoms with Gasteiger partial charge in [-0.3, -0.25) is 4.79 Å². The molecule has 136 valence electrons. The maximum atomic E-state index is 12.9. The van der Waals surface area contributed by atoms with Crippen LogP contribution >= 0.6 is 0 Å². The van der Waals surface area contributed by atoms with Gasteiger partial charge in [0.2, 0.25) is 5.91 Å². The van der Waals surface area contributed by atoms with Gasteiger partial charge < -0.3 is 15.0 Å². The Morgan fingerprint density at radius 1 is 1.07 bits per heavy atom. The van der Waals surface area contributed by atoms with Crippen LogP contribution in [0.2, 0.25) is 0 Å². The van der Waals surface area contributed by atoms with Crippen molar-refractivity contribution in [1.29, 1.82) is 0 Å². The number of aromatic amines is 1. The molecule has 5 nitrogen and oxygen atoms in total. The summed E-state index contributed by atoms with van der Waals surface area (Å²) in [5.74, 6) is -1.17. The number of anilines is 1. The largest absolute Gasteiger partial charge is 0.465 e. The molecule has 3 aromatic rings. The van der Waals surface area contributed by atoms with Crippen LogP contribution in [-0.4, -0.2) is 24.0 Å². The minimum atomic E-state index is -0.575. The number of hydrogen-bond donors (Lipinski definition) is 2. The molecule has 0 aliphatic carbocycles. The highest BCUT2D eigenvalue weighted by atomic mass is 16.5. The highest BCUT2D eigenvalue weighted by molar-refractivity contribution is 6.08. The normalized spacial score (nSPS) is 15.4. The minimum Gasteiger partial charge on any atom is -0.465 e. The second-order valence-corrected chi connectivity index (χ2v) is 6.78. The molecule has 0 spiro atoms. The van der Waals surface area contributed by atoms with Crippen molar-refractivity contribution in [2.75, 3.05) is 12.4 Å². The summed E-state index contributed by atoms with van der Waals surface area (Å²) in [7, 11) is 1.35. The van der Waals surface area contributed by atoms with Gasteiger partial charge in [-0.1, -0.05) is 48.0 Å². The highest BCUT2D eigenvalue weighted by Gasteiger charge is 2.38. The van der Waals surface area contributed by atoms with Crippen LogP contribution in [-0.2, 0) is 9.53 Å². The number of aryl methyl sites for hydroxylation is 2. The molecule has 0 radical (unpaired) electrons. The number of amides is 1. The molecule has 0 bridgehead atoms. The minimum absolute atomic E-state index is 0.142.